The topological polar surface area (TPSA) is 52.3 Å². The fourth-order valence-corrected chi connectivity index (χ4v) is 1.29. The first-order valence-corrected chi connectivity index (χ1v) is 5.34. The molecular weight excluding hydrogens is 293 g/mol. The monoisotopic (exact) mass is 305 g/mol. The van der Waals surface area contributed by atoms with Gasteiger partial charge in [0.1, 0.15) is 0 Å². The van der Waals surface area contributed by atoms with Crippen molar-refractivity contribution in [3.8, 4) is 0 Å². The summed E-state index contributed by atoms with van der Waals surface area (Å²) in [5.74, 6) is -0.330. The highest BCUT2D eigenvalue weighted by Gasteiger charge is 2.09. The van der Waals surface area contributed by atoms with E-state index in [2.05, 4.69) is 22.6 Å². The fourth-order valence-electron chi connectivity index (χ4n) is 0.953. The highest BCUT2D eigenvalue weighted by Crippen LogP contribution is 2.17. The van der Waals surface area contributed by atoms with E-state index in [9.17, 15) is 4.79 Å². The molecule has 0 bridgehead atoms. The standard InChI is InChI=1S/C10H12INO2/c1-6(2)14-10(13)7-3-4-8(11)9(12)5-7/h3-6H,12H2,1-2H3. The van der Waals surface area contributed by atoms with Crippen molar-refractivity contribution in [1.29, 1.82) is 0 Å². The Morgan fingerprint density at radius 3 is 2.64 bits per heavy atom. The van der Waals surface area contributed by atoms with Gasteiger partial charge in [-0.05, 0) is 54.6 Å². The van der Waals surface area contributed by atoms with Crippen LogP contribution in [0.3, 0.4) is 0 Å². The summed E-state index contributed by atoms with van der Waals surface area (Å²) in [5, 5.41) is 0. The number of nitrogens with two attached hydrogens (primary N) is 1. The van der Waals surface area contributed by atoms with Crippen molar-refractivity contribution >= 4 is 34.2 Å². The van der Waals surface area contributed by atoms with Gasteiger partial charge in [-0.2, -0.15) is 0 Å². The Balaban J connectivity index is 2.86. The van der Waals surface area contributed by atoms with Crippen molar-refractivity contribution in [2.45, 2.75) is 20.0 Å². The molecule has 76 valence electrons. The highest BCUT2D eigenvalue weighted by atomic mass is 127. The number of carbonyl (C=O) groups is 1. The maximum Gasteiger partial charge on any atom is 0.338 e. The zero-order valence-corrected chi connectivity index (χ0v) is 10.2. The summed E-state index contributed by atoms with van der Waals surface area (Å²) in [7, 11) is 0. The molecule has 1 rings (SSSR count). The molecule has 4 heteroatoms. The van der Waals surface area contributed by atoms with Crippen LogP contribution in [0, 0.1) is 3.57 Å². The normalized spacial score (nSPS) is 10.3. The first kappa shape index (κ1) is 11.3. The summed E-state index contributed by atoms with van der Waals surface area (Å²) in [5.41, 5.74) is 6.77. The largest absolute Gasteiger partial charge is 0.459 e. The van der Waals surface area contributed by atoms with Crippen molar-refractivity contribution in [2.75, 3.05) is 5.73 Å². The van der Waals surface area contributed by atoms with Crippen LogP contribution >= 0.6 is 22.6 Å². The van der Waals surface area contributed by atoms with Crippen LogP contribution < -0.4 is 5.73 Å². The van der Waals surface area contributed by atoms with E-state index in [0.29, 0.717) is 11.3 Å². The van der Waals surface area contributed by atoms with Crippen molar-refractivity contribution in [2.24, 2.45) is 0 Å². The number of hydrogen-bond donors (Lipinski definition) is 1. The van der Waals surface area contributed by atoms with Gasteiger partial charge in [0.25, 0.3) is 0 Å². The van der Waals surface area contributed by atoms with E-state index >= 15 is 0 Å². The molecule has 0 fully saturated rings. The second-order valence-electron chi connectivity index (χ2n) is 3.19. The van der Waals surface area contributed by atoms with Crippen molar-refractivity contribution in [3.05, 3.63) is 27.3 Å². The molecule has 1 aromatic carbocycles. The van der Waals surface area contributed by atoms with Gasteiger partial charge in [-0.25, -0.2) is 4.79 Å². The minimum atomic E-state index is -0.330. The molecule has 2 N–H and O–H groups in total. The van der Waals surface area contributed by atoms with Crippen molar-refractivity contribution < 1.29 is 9.53 Å². The number of carbonyl (C=O) groups excluding carboxylic acids is 1. The van der Waals surface area contributed by atoms with E-state index in [0.717, 1.165) is 3.57 Å². The second kappa shape index (κ2) is 4.63. The average Bonchev–Trinajstić information content (AvgIpc) is 2.08. The molecule has 0 radical (unpaired) electrons. The fraction of sp³-hybridized carbons (Fsp3) is 0.300. The van der Waals surface area contributed by atoms with Crippen LogP contribution in [0.25, 0.3) is 0 Å². The summed E-state index contributed by atoms with van der Waals surface area (Å²) in [6.07, 6.45) is -0.108. The Hall–Kier alpha value is -0.780. The molecule has 3 nitrogen and oxygen atoms in total. The van der Waals surface area contributed by atoms with Gasteiger partial charge in [-0.3, -0.25) is 0 Å². The number of rotatable bonds is 2. The molecule has 1 aromatic rings. The van der Waals surface area contributed by atoms with Gasteiger partial charge < -0.3 is 10.5 Å². The number of halogens is 1. The number of nitrogen functional groups attached to an aromatic ring is 1. The Morgan fingerprint density at radius 2 is 2.14 bits per heavy atom. The molecule has 0 aromatic heterocycles. The maximum absolute atomic E-state index is 11.4. The lowest BCUT2D eigenvalue weighted by atomic mass is 10.2. The van der Waals surface area contributed by atoms with Crippen LogP contribution in [-0.4, -0.2) is 12.1 Å². The lowest BCUT2D eigenvalue weighted by molar-refractivity contribution is 0.0378. The molecule has 0 aliphatic rings. The third kappa shape index (κ3) is 2.87. The second-order valence-corrected chi connectivity index (χ2v) is 4.35. The van der Waals surface area contributed by atoms with Crippen LogP contribution in [-0.2, 0) is 4.74 Å². The molecule has 0 saturated heterocycles. The average molecular weight is 305 g/mol. The number of esters is 1. The van der Waals surface area contributed by atoms with Crippen LogP contribution in [0.15, 0.2) is 18.2 Å². The van der Waals surface area contributed by atoms with Crippen molar-refractivity contribution in [1.82, 2.24) is 0 Å². The third-order valence-electron chi connectivity index (χ3n) is 1.57. The summed E-state index contributed by atoms with van der Waals surface area (Å²) < 4.78 is 5.97. The predicted octanol–water partition coefficient (Wildman–Crippen LogP) is 2.44. The van der Waals surface area contributed by atoms with Gasteiger partial charge in [0.15, 0.2) is 0 Å². The minimum Gasteiger partial charge on any atom is -0.459 e. The van der Waals surface area contributed by atoms with Gasteiger partial charge in [0, 0.05) is 9.26 Å². The van der Waals surface area contributed by atoms with Crippen LogP contribution in [0.4, 0.5) is 5.69 Å². The van der Waals surface area contributed by atoms with Crippen molar-refractivity contribution in [3.63, 3.8) is 0 Å². The van der Waals surface area contributed by atoms with Gasteiger partial charge in [-0.1, -0.05) is 0 Å². The van der Waals surface area contributed by atoms with Crippen LogP contribution in [0.1, 0.15) is 24.2 Å². The Labute approximate surface area is 96.8 Å². The first-order valence-electron chi connectivity index (χ1n) is 4.26. The lowest BCUT2D eigenvalue weighted by Gasteiger charge is -2.08. The molecular formula is C10H12INO2. The van der Waals surface area contributed by atoms with E-state index in [4.69, 9.17) is 10.5 Å². The molecule has 0 heterocycles. The van der Waals surface area contributed by atoms with E-state index in [1.165, 1.54) is 0 Å². The predicted molar refractivity (Wildman–Crippen MR) is 64.1 cm³/mol. The summed E-state index contributed by atoms with van der Waals surface area (Å²) in [6.45, 7) is 3.63. The third-order valence-corrected chi connectivity index (χ3v) is 2.56. The van der Waals surface area contributed by atoms with E-state index in [1.807, 2.05) is 13.8 Å². The summed E-state index contributed by atoms with van der Waals surface area (Å²) >= 11 is 2.11. The molecule has 14 heavy (non-hydrogen) atoms. The van der Waals surface area contributed by atoms with Gasteiger partial charge >= 0.3 is 5.97 Å². The van der Waals surface area contributed by atoms with Gasteiger partial charge in [0.2, 0.25) is 0 Å². The number of ether oxygens (including phenoxy) is 1. The number of anilines is 1. The molecule has 0 unspecified atom stereocenters. The Kier molecular flexibility index (Phi) is 3.74. The smallest absolute Gasteiger partial charge is 0.338 e. The quantitative estimate of drug-likeness (QED) is 0.519. The lowest BCUT2D eigenvalue weighted by Crippen LogP contribution is -2.11. The first-order chi connectivity index (χ1) is 6.50. The van der Waals surface area contributed by atoms with Gasteiger partial charge in [-0.15, -0.1) is 0 Å². The number of hydrogen-bond acceptors (Lipinski definition) is 3. The Bertz CT molecular complexity index is 350. The SMILES string of the molecule is CC(C)OC(=O)c1ccc(I)c(N)c1. The summed E-state index contributed by atoms with van der Waals surface area (Å²) in [4.78, 5) is 11.4. The van der Waals surface area contributed by atoms with E-state index in [1.54, 1.807) is 18.2 Å². The van der Waals surface area contributed by atoms with Crippen LogP contribution in [0.5, 0.6) is 0 Å². The zero-order valence-electron chi connectivity index (χ0n) is 8.08. The summed E-state index contributed by atoms with van der Waals surface area (Å²) in [6, 6.07) is 5.14. The molecule has 0 aliphatic heterocycles. The number of benzene rings is 1. The highest BCUT2D eigenvalue weighted by molar-refractivity contribution is 14.1. The molecule has 0 atom stereocenters. The zero-order chi connectivity index (χ0) is 10.7. The van der Waals surface area contributed by atoms with Crippen LogP contribution in [0.2, 0.25) is 0 Å². The Morgan fingerprint density at radius 1 is 1.50 bits per heavy atom. The minimum absolute atomic E-state index is 0.108. The molecule has 0 spiro atoms. The maximum atomic E-state index is 11.4. The van der Waals surface area contributed by atoms with E-state index < -0.39 is 0 Å². The molecule has 0 amide bonds. The molecule has 0 aliphatic carbocycles. The van der Waals surface area contributed by atoms with Gasteiger partial charge in [0.05, 0.1) is 11.7 Å². The molecule has 0 saturated carbocycles. The van der Waals surface area contributed by atoms with E-state index in [-0.39, 0.29) is 12.1 Å².